The SMILES string of the molecule is CC(=O)c1cccc(NS(=O)(=O)CC(C)(C)C)c1. The van der Waals surface area contributed by atoms with Crippen LogP contribution in [0.2, 0.25) is 0 Å². The fourth-order valence-corrected chi connectivity index (χ4v) is 3.29. The molecule has 0 aliphatic carbocycles. The zero-order chi connectivity index (χ0) is 14.0. The van der Waals surface area contributed by atoms with Crippen LogP contribution in [0, 0.1) is 5.41 Å². The summed E-state index contributed by atoms with van der Waals surface area (Å²) in [7, 11) is -3.40. The molecule has 5 heteroatoms. The van der Waals surface area contributed by atoms with E-state index >= 15 is 0 Å². The fourth-order valence-electron chi connectivity index (χ4n) is 1.59. The predicted octanol–water partition coefficient (Wildman–Crippen LogP) is 2.68. The van der Waals surface area contributed by atoms with Crippen LogP contribution >= 0.6 is 0 Å². The van der Waals surface area contributed by atoms with Crippen LogP contribution in [0.1, 0.15) is 38.1 Å². The van der Waals surface area contributed by atoms with E-state index in [0.717, 1.165) is 0 Å². The zero-order valence-electron chi connectivity index (χ0n) is 11.1. The number of hydrogen-bond acceptors (Lipinski definition) is 3. The highest BCUT2D eigenvalue weighted by molar-refractivity contribution is 7.92. The van der Waals surface area contributed by atoms with Crippen molar-refractivity contribution in [3.8, 4) is 0 Å². The molecule has 0 saturated carbocycles. The highest BCUT2D eigenvalue weighted by Gasteiger charge is 2.21. The molecule has 0 unspecified atom stereocenters. The molecular formula is C13H19NO3S. The summed E-state index contributed by atoms with van der Waals surface area (Å²) in [4.78, 5) is 11.2. The number of carbonyl (C=O) groups is 1. The third-order valence-corrected chi connectivity index (χ3v) is 3.96. The van der Waals surface area contributed by atoms with Gasteiger partial charge in [0, 0.05) is 11.3 Å². The molecule has 0 bridgehead atoms. The van der Waals surface area contributed by atoms with Crippen molar-refractivity contribution >= 4 is 21.5 Å². The van der Waals surface area contributed by atoms with Crippen LogP contribution in [-0.4, -0.2) is 20.0 Å². The zero-order valence-corrected chi connectivity index (χ0v) is 12.0. The fraction of sp³-hybridized carbons (Fsp3) is 0.462. The molecule has 0 amide bonds. The lowest BCUT2D eigenvalue weighted by atomic mass is 10.0. The molecule has 0 spiro atoms. The number of Topliss-reactive ketones (excluding diaryl/α,β-unsaturated/α-hetero) is 1. The van der Waals surface area contributed by atoms with Crippen LogP contribution in [0.25, 0.3) is 0 Å². The molecule has 0 saturated heterocycles. The van der Waals surface area contributed by atoms with Gasteiger partial charge in [0.25, 0.3) is 0 Å². The second-order valence-electron chi connectivity index (χ2n) is 5.56. The van der Waals surface area contributed by atoms with E-state index < -0.39 is 10.0 Å². The summed E-state index contributed by atoms with van der Waals surface area (Å²) in [5, 5.41) is 0. The first-order valence-electron chi connectivity index (χ1n) is 5.71. The second-order valence-corrected chi connectivity index (χ2v) is 7.28. The Hall–Kier alpha value is -1.36. The molecule has 0 atom stereocenters. The largest absolute Gasteiger partial charge is 0.295 e. The number of sulfonamides is 1. The molecule has 18 heavy (non-hydrogen) atoms. The first-order chi connectivity index (χ1) is 8.09. The Kier molecular flexibility index (Phi) is 4.16. The lowest BCUT2D eigenvalue weighted by molar-refractivity contribution is 0.101. The molecule has 0 heterocycles. The van der Waals surface area contributed by atoms with E-state index in [9.17, 15) is 13.2 Å². The second kappa shape index (κ2) is 5.10. The van der Waals surface area contributed by atoms with Crippen molar-refractivity contribution in [3.63, 3.8) is 0 Å². The maximum Gasteiger partial charge on any atom is 0.233 e. The average Bonchev–Trinajstić information content (AvgIpc) is 2.12. The van der Waals surface area contributed by atoms with E-state index in [0.29, 0.717) is 11.3 Å². The molecular weight excluding hydrogens is 250 g/mol. The number of rotatable bonds is 4. The van der Waals surface area contributed by atoms with Gasteiger partial charge in [0.1, 0.15) is 0 Å². The molecule has 1 rings (SSSR count). The maximum atomic E-state index is 11.9. The first kappa shape index (κ1) is 14.7. The molecule has 0 fully saturated rings. The Morgan fingerprint density at radius 3 is 2.39 bits per heavy atom. The molecule has 0 aromatic heterocycles. The van der Waals surface area contributed by atoms with Crippen molar-refractivity contribution in [2.24, 2.45) is 5.41 Å². The van der Waals surface area contributed by atoms with Crippen molar-refractivity contribution < 1.29 is 13.2 Å². The highest BCUT2D eigenvalue weighted by Crippen LogP contribution is 2.19. The van der Waals surface area contributed by atoms with Crippen molar-refractivity contribution in [2.75, 3.05) is 10.5 Å². The Labute approximate surface area is 108 Å². The van der Waals surface area contributed by atoms with Crippen molar-refractivity contribution in [1.82, 2.24) is 0 Å². The average molecular weight is 269 g/mol. The maximum absolute atomic E-state index is 11.9. The van der Waals surface area contributed by atoms with Gasteiger partial charge in [-0.2, -0.15) is 0 Å². The number of benzene rings is 1. The van der Waals surface area contributed by atoms with Crippen molar-refractivity contribution in [3.05, 3.63) is 29.8 Å². The number of carbonyl (C=O) groups excluding carboxylic acids is 1. The van der Waals surface area contributed by atoms with E-state index in [4.69, 9.17) is 0 Å². The van der Waals surface area contributed by atoms with E-state index in [1.54, 1.807) is 24.3 Å². The summed E-state index contributed by atoms with van der Waals surface area (Å²) in [5.41, 5.74) is 0.599. The summed E-state index contributed by atoms with van der Waals surface area (Å²) in [6.45, 7) is 7.03. The van der Waals surface area contributed by atoms with E-state index in [2.05, 4.69) is 4.72 Å². The van der Waals surface area contributed by atoms with Crippen LogP contribution in [0.15, 0.2) is 24.3 Å². The van der Waals surface area contributed by atoms with Crippen molar-refractivity contribution in [1.29, 1.82) is 0 Å². The van der Waals surface area contributed by atoms with Gasteiger partial charge in [-0.25, -0.2) is 8.42 Å². The van der Waals surface area contributed by atoms with Gasteiger partial charge in [-0.05, 0) is 24.5 Å². The van der Waals surface area contributed by atoms with Gasteiger partial charge in [-0.15, -0.1) is 0 Å². The minimum Gasteiger partial charge on any atom is -0.295 e. The van der Waals surface area contributed by atoms with Crippen molar-refractivity contribution in [2.45, 2.75) is 27.7 Å². The molecule has 4 nitrogen and oxygen atoms in total. The number of nitrogens with one attached hydrogen (secondary N) is 1. The quantitative estimate of drug-likeness (QED) is 0.855. The van der Waals surface area contributed by atoms with Crippen LogP contribution in [0.4, 0.5) is 5.69 Å². The van der Waals surface area contributed by atoms with E-state index in [1.165, 1.54) is 6.92 Å². The Bertz CT molecular complexity index is 542. The minimum absolute atomic E-state index is 0.0320. The van der Waals surface area contributed by atoms with Gasteiger partial charge in [0.05, 0.1) is 5.75 Å². The molecule has 1 aromatic rings. The third kappa shape index (κ3) is 4.87. The third-order valence-electron chi connectivity index (χ3n) is 2.17. The van der Waals surface area contributed by atoms with E-state index in [-0.39, 0.29) is 17.0 Å². The summed E-state index contributed by atoms with van der Waals surface area (Å²) >= 11 is 0. The van der Waals surface area contributed by atoms with Crippen LogP contribution in [0.5, 0.6) is 0 Å². The lowest BCUT2D eigenvalue weighted by Crippen LogP contribution is -2.26. The molecule has 0 aliphatic rings. The molecule has 0 aliphatic heterocycles. The number of anilines is 1. The standard InChI is InChI=1S/C13H19NO3S/c1-10(15)11-6-5-7-12(8-11)14-18(16,17)9-13(2,3)4/h5-8,14H,9H2,1-4H3. The van der Waals surface area contributed by atoms with Crippen LogP contribution < -0.4 is 4.72 Å². The topological polar surface area (TPSA) is 63.2 Å². The highest BCUT2D eigenvalue weighted by atomic mass is 32.2. The van der Waals surface area contributed by atoms with Crippen LogP contribution in [-0.2, 0) is 10.0 Å². The smallest absolute Gasteiger partial charge is 0.233 e. The number of ketones is 1. The van der Waals surface area contributed by atoms with Gasteiger partial charge in [0.2, 0.25) is 10.0 Å². The normalized spacial score (nSPS) is 12.2. The van der Waals surface area contributed by atoms with Gasteiger partial charge in [-0.1, -0.05) is 32.9 Å². The summed E-state index contributed by atoms with van der Waals surface area (Å²) in [5.74, 6) is -0.0588. The molecule has 1 aromatic carbocycles. The molecule has 0 radical (unpaired) electrons. The lowest BCUT2D eigenvalue weighted by Gasteiger charge is -2.18. The molecule has 100 valence electrons. The number of hydrogen-bond donors (Lipinski definition) is 1. The summed E-state index contributed by atoms with van der Waals surface area (Å²) in [6, 6.07) is 6.49. The summed E-state index contributed by atoms with van der Waals surface area (Å²) < 4.78 is 26.3. The Morgan fingerprint density at radius 2 is 1.89 bits per heavy atom. The predicted molar refractivity (Wildman–Crippen MR) is 73.3 cm³/mol. The summed E-state index contributed by atoms with van der Waals surface area (Å²) in [6.07, 6.45) is 0. The monoisotopic (exact) mass is 269 g/mol. The van der Waals surface area contributed by atoms with Gasteiger partial charge in [-0.3, -0.25) is 9.52 Å². The Balaban J connectivity index is 2.91. The van der Waals surface area contributed by atoms with E-state index in [1.807, 2.05) is 20.8 Å². The van der Waals surface area contributed by atoms with Gasteiger partial charge in [0.15, 0.2) is 5.78 Å². The van der Waals surface area contributed by atoms with Gasteiger partial charge >= 0.3 is 0 Å². The molecule has 1 N–H and O–H groups in total. The Morgan fingerprint density at radius 1 is 1.28 bits per heavy atom. The first-order valence-corrected chi connectivity index (χ1v) is 7.36. The minimum atomic E-state index is -3.40. The van der Waals surface area contributed by atoms with Crippen LogP contribution in [0.3, 0.4) is 0 Å². The van der Waals surface area contributed by atoms with Gasteiger partial charge < -0.3 is 0 Å².